The Morgan fingerprint density at radius 1 is 1.43 bits per heavy atom. The van der Waals surface area contributed by atoms with Gasteiger partial charge in [0.1, 0.15) is 0 Å². The largest absolute Gasteiger partial charge is 0.383 e. The van der Waals surface area contributed by atoms with Gasteiger partial charge in [0.15, 0.2) is 0 Å². The first-order valence-corrected chi connectivity index (χ1v) is 6.94. The van der Waals surface area contributed by atoms with Gasteiger partial charge in [-0.25, -0.2) is 0 Å². The summed E-state index contributed by atoms with van der Waals surface area (Å²) in [6, 6.07) is 4.45. The Morgan fingerprint density at radius 3 is 2.76 bits per heavy atom. The molecule has 0 bridgehead atoms. The normalized spacial score (nSPS) is 14.2. The zero-order valence-corrected chi connectivity index (χ0v) is 12.0. The number of rotatable bonds is 6. The third-order valence-corrected chi connectivity index (χ3v) is 3.47. The van der Waals surface area contributed by atoms with Crippen molar-refractivity contribution in [3.05, 3.63) is 33.9 Å². The highest BCUT2D eigenvalue weighted by Gasteiger charge is 2.22. The number of nitrogens with zero attached hydrogens (tertiary/aromatic N) is 2. The van der Waals surface area contributed by atoms with Gasteiger partial charge in [-0.1, -0.05) is 0 Å². The summed E-state index contributed by atoms with van der Waals surface area (Å²) in [5.41, 5.74) is 1.03. The molecule has 2 rings (SSSR count). The lowest BCUT2D eigenvalue weighted by atomic mass is 10.1. The molecule has 114 valence electrons. The van der Waals surface area contributed by atoms with E-state index in [1.165, 1.54) is 12.1 Å². The summed E-state index contributed by atoms with van der Waals surface area (Å²) in [5.74, 6) is -0.308. The predicted octanol–water partition coefficient (Wildman–Crippen LogP) is 1.57. The number of anilines is 1. The maximum atomic E-state index is 12.3. The van der Waals surface area contributed by atoms with Crippen LogP contribution in [0.25, 0.3) is 0 Å². The molecule has 7 heteroatoms. The van der Waals surface area contributed by atoms with E-state index < -0.39 is 4.92 Å². The average molecular weight is 293 g/mol. The number of carbonyl (C=O) groups excluding carboxylic acids is 1. The Kier molecular flexibility index (Phi) is 5.10. The third kappa shape index (κ3) is 3.69. The zero-order valence-electron chi connectivity index (χ0n) is 12.0. The first kappa shape index (κ1) is 15.2. The molecule has 1 aromatic carbocycles. The molecule has 21 heavy (non-hydrogen) atoms. The fourth-order valence-corrected chi connectivity index (χ4v) is 2.42. The van der Waals surface area contributed by atoms with Crippen molar-refractivity contribution in [2.75, 3.05) is 38.3 Å². The van der Waals surface area contributed by atoms with Gasteiger partial charge in [0.05, 0.1) is 22.8 Å². The highest BCUT2D eigenvalue weighted by atomic mass is 16.6. The first-order chi connectivity index (χ1) is 10.1. The molecule has 0 atom stereocenters. The van der Waals surface area contributed by atoms with Gasteiger partial charge in [-0.15, -0.1) is 0 Å². The van der Waals surface area contributed by atoms with E-state index in [9.17, 15) is 14.9 Å². The van der Waals surface area contributed by atoms with Crippen LogP contribution in [0, 0.1) is 10.1 Å². The van der Waals surface area contributed by atoms with E-state index in [-0.39, 0.29) is 11.6 Å². The molecule has 1 heterocycles. The van der Waals surface area contributed by atoms with Crippen LogP contribution in [0.3, 0.4) is 0 Å². The van der Waals surface area contributed by atoms with Crippen molar-refractivity contribution >= 4 is 17.3 Å². The number of nitro groups is 1. The van der Waals surface area contributed by atoms with Crippen molar-refractivity contribution < 1.29 is 14.5 Å². The number of benzene rings is 1. The number of methoxy groups -OCH3 is 1. The van der Waals surface area contributed by atoms with E-state index in [4.69, 9.17) is 4.74 Å². The van der Waals surface area contributed by atoms with Crippen LogP contribution in [0.2, 0.25) is 0 Å². The molecule has 0 saturated carbocycles. The maximum absolute atomic E-state index is 12.3. The summed E-state index contributed by atoms with van der Waals surface area (Å²) in [4.78, 5) is 24.8. The Hall–Kier alpha value is -2.15. The van der Waals surface area contributed by atoms with Crippen LogP contribution in [-0.4, -0.2) is 44.2 Å². The van der Waals surface area contributed by atoms with E-state index in [1.54, 1.807) is 13.2 Å². The lowest BCUT2D eigenvalue weighted by Gasteiger charge is -2.20. The Morgan fingerprint density at radius 2 is 2.14 bits per heavy atom. The summed E-state index contributed by atoms with van der Waals surface area (Å²) in [6.07, 6.45) is 2.14. The number of nitrogens with one attached hydrogen (secondary N) is 1. The number of hydrogen-bond donors (Lipinski definition) is 1. The van der Waals surface area contributed by atoms with Crippen LogP contribution >= 0.6 is 0 Å². The smallest absolute Gasteiger partial charge is 0.270 e. The molecule has 1 saturated heterocycles. The molecule has 1 aliphatic rings. The van der Waals surface area contributed by atoms with E-state index >= 15 is 0 Å². The molecule has 1 N–H and O–H groups in total. The van der Waals surface area contributed by atoms with Gasteiger partial charge < -0.3 is 15.0 Å². The minimum Gasteiger partial charge on any atom is -0.383 e. The van der Waals surface area contributed by atoms with Gasteiger partial charge in [-0.3, -0.25) is 14.9 Å². The Labute approximate surface area is 123 Å². The van der Waals surface area contributed by atoms with E-state index in [2.05, 4.69) is 10.2 Å². The minimum atomic E-state index is -0.486. The van der Waals surface area contributed by atoms with E-state index in [0.717, 1.165) is 31.6 Å². The number of hydrogen-bond acceptors (Lipinski definition) is 5. The summed E-state index contributed by atoms with van der Waals surface area (Å²) in [7, 11) is 1.55. The standard InChI is InChI=1S/C14H19N3O4/c1-21-9-6-15-14(18)12-10-11(17(19)20)4-5-13(12)16-7-2-3-8-16/h4-5,10H,2-3,6-9H2,1H3,(H,15,18). The van der Waals surface area contributed by atoms with Crippen LogP contribution in [0.1, 0.15) is 23.2 Å². The predicted molar refractivity (Wildman–Crippen MR) is 78.8 cm³/mol. The Bertz CT molecular complexity index is 527. The molecular formula is C14H19N3O4. The zero-order chi connectivity index (χ0) is 15.2. The van der Waals surface area contributed by atoms with Crippen molar-refractivity contribution in [2.24, 2.45) is 0 Å². The molecule has 0 spiro atoms. The van der Waals surface area contributed by atoms with Gasteiger partial charge in [-0.05, 0) is 18.9 Å². The second-order valence-electron chi connectivity index (χ2n) is 4.90. The summed E-state index contributed by atoms with van der Waals surface area (Å²) < 4.78 is 4.89. The van der Waals surface area contributed by atoms with Gasteiger partial charge in [-0.2, -0.15) is 0 Å². The van der Waals surface area contributed by atoms with Gasteiger partial charge in [0.2, 0.25) is 0 Å². The van der Waals surface area contributed by atoms with E-state index in [1.807, 2.05) is 0 Å². The summed E-state index contributed by atoms with van der Waals surface area (Å²) in [5, 5.41) is 13.6. The van der Waals surface area contributed by atoms with Crippen LogP contribution in [-0.2, 0) is 4.74 Å². The number of non-ortho nitro benzene ring substituents is 1. The molecular weight excluding hydrogens is 274 g/mol. The fraction of sp³-hybridized carbons (Fsp3) is 0.500. The second kappa shape index (κ2) is 7.03. The molecule has 0 unspecified atom stereocenters. The lowest BCUT2D eigenvalue weighted by molar-refractivity contribution is -0.384. The van der Waals surface area contributed by atoms with Crippen LogP contribution < -0.4 is 10.2 Å². The number of carbonyl (C=O) groups is 1. The molecule has 7 nitrogen and oxygen atoms in total. The van der Waals surface area contributed by atoms with Crippen LogP contribution in [0.4, 0.5) is 11.4 Å². The molecule has 1 fully saturated rings. The SMILES string of the molecule is COCCNC(=O)c1cc([N+](=O)[O-])ccc1N1CCCC1. The van der Waals surface area contributed by atoms with Crippen molar-refractivity contribution in [3.8, 4) is 0 Å². The molecule has 0 aliphatic carbocycles. The fourth-order valence-electron chi connectivity index (χ4n) is 2.42. The summed E-state index contributed by atoms with van der Waals surface area (Å²) >= 11 is 0. The molecule has 0 aromatic heterocycles. The topological polar surface area (TPSA) is 84.7 Å². The number of nitro benzene ring substituents is 1. The molecule has 1 aliphatic heterocycles. The molecule has 1 aromatic rings. The quantitative estimate of drug-likeness (QED) is 0.489. The maximum Gasteiger partial charge on any atom is 0.270 e. The van der Waals surface area contributed by atoms with Crippen molar-refractivity contribution in [2.45, 2.75) is 12.8 Å². The van der Waals surface area contributed by atoms with Gasteiger partial charge in [0.25, 0.3) is 11.6 Å². The van der Waals surface area contributed by atoms with Gasteiger partial charge >= 0.3 is 0 Å². The lowest BCUT2D eigenvalue weighted by Crippen LogP contribution is -2.29. The molecule has 1 amide bonds. The van der Waals surface area contributed by atoms with Gasteiger partial charge in [0, 0.05) is 38.9 Å². The monoisotopic (exact) mass is 293 g/mol. The molecule has 0 radical (unpaired) electrons. The minimum absolute atomic E-state index is 0.0742. The highest BCUT2D eigenvalue weighted by molar-refractivity contribution is 6.00. The first-order valence-electron chi connectivity index (χ1n) is 6.94. The van der Waals surface area contributed by atoms with Crippen molar-refractivity contribution in [1.82, 2.24) is 5.32 Å². The van der Waals surface area contributed by atoms with E-state index in [0.29, 0.717) is 18.7 Å². The van der Waals surface area contributed by atoms with Crippen molar-refractivity contribution in [1.29, 1.82) is 0 Å². The van der Waals surface area contributed by atoms with Crippen LogP contribution in [0.5, 0.6) is 0 Å². The van der Waals surface area contributed by atoms with Crippen molar-refractivity contribution in [3.63, 3.8) is 0 Å². The summed E-state index contributed by atoms with van der Waals surface area (Å²) in [6.45, 7) is 2.52. The third-order valence-electron chi connectivity index (χ3n) is 3.47. The number of ether oxygens (including phenoxy) is 1. The van der Waals surface area contributed by atoms with Crippen LogP contribution in [0.15, 0.2) is 18.2 Å². The highest BCUT2D eigenvalue weighted by Crippen LogP contribution is 2.28. The number of amides is 1. The average Bonchev–Trinajstić information content (AvgIpc) is 3.00. The second-order valence-corrected chi connectivity index (χ2v) is 4.90. The Balaban J connectivity index is 2.26.